The summed E-state index contributed by atoms with van der Waals surface area (Å²) in [5, 5.41) is 0. The molecule has 6 heteroatoms. The van der Waals surface area contributed by atoms with Crippen molar-refractivity contribution in [1.82, 2.24) is 0 Å². The Morgan fingerprint density at radius 3 is 0.785 bits per heavy atom. The van der Waals surface area contributed by atoms with Crippen molar-refractivity contribution in [3.05, 3.63) is 12.2 Å². The largest absolute Gasteiger partial charge is 0.462 e. The average molecular weight is 918 g/mol. The molecule has 65 heavy (non-hydrogen) atoms. The number of allylic oxidation sites excluding steroid dienone is 2. The number of ether oxygens (including phenoxy) is 3. The molecular formula is C59H112O6. The molecule has 0 aliphatic heterocycles. The zero-order valence-electron chi connectivity index (χ0n) is 44.0. The molecule has 0 saturated heterocycles. The van der Waals surface area contributed by atoms with Gasteiger partial charge in [-0.15, -0.1) is 0 Å². The molecule has 0 aliphatic rings. The Morgan fingerprint density at radius 2 is 0.508 bits per heavy atom. The minimum Gasteiger partial charge on any atom is -0.462 e. The van der Waals surface area contributed by atoms with E-state index in [1.807, 2.05) is 0 Å². The highest BCUT2D eigenvalue weighted by molar-refractivity contribution is 5.71. The fourth-order valence-electron chi connectivity index (χ4n) is 8.85. The minimum atomic E-state index is -0.767. The Kier molecular flexibility index (Phi) is 53.2. The van der Waals surface area contributed by atoms with Gasteiger partial charge in [-0.05, 0) is 44.9 Å². The highest BCUT2D eigenvalue weighted by Gasteiger charge is 2.19. The van der Waals surface area contributed by atoms with Gasteiger partial charge in [-0.2, -0.15) is 0 Å². The van der Waals surface area contributed by atoms with Crippen molar-refractivity contribution < 1.29 is 28.6 Å². The predicted octanol–water partition coefficient (Wildman–Crippen LogP) is 19.3. The molecule has 0 radical (unpaired) electrons. The highest BCUT2D eigenvalue weighted by Crippen LogP contribution is 2.17. The monoisotopic (exact) mass is 917 g/mol. The van der Waals surface area contributed by atoms with E-state index in [9.17, 15) is 14.4 Å². The molecule has 0 bridgehead atoms. The molecule has 0 aromatic rings. The number of unbranched alkanes of at least 4 members (excludes halogenated alkanes) is 41. The van der Waals surface area contributed by atoms with Gasteiger partial charge < -0.3 is 14.2 Å². The molecule has 0 N–H and O–H groups in total. The first-order chi connectivity index (χ1) is 32.0. The molecule has 0 rings (SSSR count). The Morgan fingerprint density at radius 1 is 0.292 bits per heavy atom. The van der Waals surface area contributed by atoms with Gasteiger partial charge in [-0.25, -0.2) is 0 Å². The number of hydrogen-bond donors (Lipinski definition) is 0. The second kappa shape index (κ2) is 54.8. The highest BCUT2D eigenvalue weighted by atomic mass is 16.6. The third kappa shape index (κ3) is 53.0. The van der Waals surface area contributed by atoms with Crippen molar-refractivity contribution in [3.63, 3.8) is 0 Å². The lowest BCUT2D eigenvalue weighted by Gasteiger charge is -2.18. The van der Waals surface area contributed by atoms with Gasteiger partial charge in [0.1, 0.15) is 13.2 Å². The summed E-state index contributed by atoms with van der Waals surface area (Å²) < 4.78 is 16.8. The van der Waals surface area contributed by atoms with Gasteiger partial charge in [-0.3, -0.25) is 14.4 Å². The molecule has 6 nitrogen and oxygen atoms in total. The zero-order valence-corrected chi connectivity index (χ0v) is 44.0. The van der Waals surface area contributed by atoms with Gasteiger partial charge >= 0.3 is 17.9 Å². The predicted molar refractivity (Wildman–Crippen MR) is 280 cm³/mol. The van der Waals surface area contributed by atoms with Crippen molar-refractivity contribution in [2.24, 2.45) is 0 Å². The number of rotatable bonds is 54. The van der Waals surface area contributed by atoms with Gasteiger partial charge in [0, 0.05) is 19.3 Å². The van der Waals surface area contributed by atoms with Crippen LogP contribution in [0.1, 0.15) is 329 Å². The second-order valence-corrected chi connectivity index (χ2v) is 19.9. The lowest BCUT2D eigenvalue weighted by Crippen LogP contribution is -2.30. The average Bonchev–Trinajstić information content (AvgIpc) is 3.30. The first-order valence-electron chi connectivity index (χ1n) is 29.2. The molecule has 384 valence electrons. The lowest BCUT2D eigenvalue weighted by molar-refractivity contribution is -0.167. The van der Waals surface area contributed by atoms with Crippen LogP contribution in [0.3, 0.4) is 0 Å². The normalized spacial score (nSPS) is 12.0. The molecule has 0 heterocycles. The molecule has 0 aromatic carbocycles. The molecule has 1 atom stereocenters. The number of carbonyl (C=O) groups excluding carboxylic acids is 3. The SMILES string of the molecule is CCCCCC/C=C\CCCCCCCC(=O)OC(COC(=O)CCCCCCCCCCC)COC(=O)CCCCCCCCCCCCCCCCCCCCCCCCCCC. The van der Waals surface area contributed by atoms with E-state index in [0.717, 1.165) is 64.2 Å². The molecule has 1 unspecified atom stereocenters. The van der Waals surface area contributed by atoms with Gasteiger partial charge in [0.25, 0.3) is 0 Å². The van der Waals surface area contributed by atoms with Crippen LogP contribution in [-0.4, -0.2) is 37.2 Å². The Bertz CT molecular complexity index is 1010. The standard InChI is InChI=1S/C59H112O6/c1-4-7-10-13-16-19-21-23-24-25-26-27-28-29-30-31-32-33-34-36-37-40-43-46-49-52-58(61)64-55-56(54-63-57(60)51-48-45-42-39-18-15-12-9-6-3)65-59(62)53-50-47-44-41-38-35-22-20-17-14-11-8-5-2/h20,22,56H,4-19,21,23-55H2,1-3H3/b22-20-. The third-order valence-electron chi connectivity index (χ3n) is 13.3. The molecule has 0 spiro atoms. The van der Waals surface area contributed by atoms with Crippen molar-refractivity contribution in [2.45, 2.75) is 335 Å². The smallest absolute Gasteiger partial charge is 0.306 e. The molecular weight excluding hydrogens is 805 g/mol. The van der Waals surface area contributed by atoms with Crippen LogP contribution in [0.4, 0.5) is 0 Å². The Balaban J connectivity index is 4.10. The van der Waals surface area contributed by atoms with Crippen LogP contribution in [0.15, 0.2) is 12.2 Å². The summed E-state index contributed by atoms with van der Waals surface area (Å²) in [5.74, 6) is -0.859. The lowest BCUT2D eigenvalue weighted by atomic mass is 10.0. The van der Waals surface area contributed by atoms with E-state index in [2.05, 4.69) is 32.9 Å². The quantitative estimate of drug-likeness (QED) is 0.0262. The van der Waals surface area contributed by atoms with E-state index in [4.69, 9.17) is 14.2 Å². The van der Waals surface area contributed by atoms with Crippen LogP contribution in [0.5, 0.6) is 0 Å². The van der Waals surface area contributed by atoms with Crippen LogP contribution >= 0.6 is 0 Å². The maximum absolute atomic E-state index is 12.8. The van der Waals surface area contributed by atoms with Crippen molar-refractivity contribution in [1.29, 1.82) is 0 Å². The van der Waals surface area contributed by atoms with Crippen molar-refractivity contribution in [3.8, 4) is 0 Å². The first kappa shape index (κ1) is 63.1. The number of esters is 3. The second-order valence-electron chi connectivity index (χ2n) is 19.9. The van der Waals surface area contributed by atoms with Crippen LogP contribution < -0.4 is 0 Å². The number of hydrogen-bond acceptors (Lipinski definition) is 6. The van der Waals surface area contributed by atoms with Crippen molar-refractivity contribution >= 4 is 17.9 Å². The maximum atomic E-state index is 12.8. The van der Waals surface area contributed by atoms with Crippen molar-refractivity contribution in [2.75, 3.05) is 13.2 Å². The number of carbonyl (C=O) groups is 3. The fourth-order valence-corrected chi connectivity index (χ4v) is 8.85. The zero-order chi connectivity index (χ0) is 47.2. The minimum absolute atomic E-state index is 0.0680. The van der Waals surface area contributed by atoms with Gasteiger partial charge in [0.15, 0.2) is 6.10 Å². The van der Waals surface area contributed by atoms with Crippen LogP contribution in [0.25, 0.3) is 0 Å². The van der Waals surface area contributed by atoms with Gasteiger partial charge in [0.2, 0.25) is 0 Å². The molecule has 0 saturated carbocycles. The Labute approximate surface area is 405 Å². The molecule has 0 amide bonds. The van der Waals surface area contributed by atoms with E-state index in [0.29, 0.717) is 19.3 Å². The van der Waals surface area contributed by atoms with E-state index in [-0.39, 0.29) is 31.1 Å². The topological polar surface area (TPSA) is 78.9 Å². The summed E-state index contributed by atoms with van der Waals surface area (Å²) in [6.45, 7) is 6.65. The van der Waals surface area contributed by atoms with E-state index in [1.165, 1.54) is 225 Å². The van der Waals surface area contributed by atoms with E-state index < -0.39 is 6.10 Å². The fraction of sp³-hybridized carbons (Fsp3) is 0.915. The summed E-state index contributed by atoms with van der Waals surface area (Å²) in [4.78, 5) is 38.0. The van der Waals surface area contributed by atoms with Gasteiger partial charge in [0.05, 0.1) is 0 Å². The molecule has 0 aromatic heterocycles. The summed E-state index contributed by atoms with van der Waals surface area (Å²) in [7, 11) is 0. The van der Waals surface area contributed by atoms with Crippen LogP contribution in [0, 0.1) is 0 Å². The summed E-state index contributed by atoms with van der Waals surface area (Å²) in [5.41, 5.74) is 0. The van der Waals surface area contributed by atoms with Gasteiger partial charge in [-0.1, -0.05) is 277 Å². The summed E-state index contributed by atoms with van der Waals surface area (Å²) >= 11 is 0. The third-order valence-corrected chi connectivity index (χ3v) is 13.3. The Hall–Kier alpha value is -1.85. The maximum Gasteiger partial charge on any atom is 0.306 e. The van der Waals surface area contributed by atoms with Crippen LogP contribution in [-0.2, 0) is 28.6 Å². The molecule has 0 aliphatic carbocycles. The summed E-state index contributed by atoms with van der Waals surface area (Å²) in [6.07, 6.45) is 62.3. The first-order valence-corrected chi connectivity index (χ1v) is 29.2. The van der Waals surface area contributed by atoms with E-state index >= 15 is 0 Å². The van der Waals surface area contributed by atoms with Crippen LogP contribution in [0.2, 0.25) is 0 Å². The summed E-state index contributed by atoms with van der Waals surface area (Å²) in [6, 6.07) is 0. The van der Waals surface area contributed by atoms with E-state index in [1.54, 1.807) is 0 Å². The molecule has 0 fully saturated rings.